The predicted molar refractivity (Wildman–Crippen MR) is 76.1 cm³/mol. The van der Waals surface area contributed by atoms with Gasteiger partial charge in [-0.05, 0) is 19.9 Å². The van der Waals surface area contributed by atoms with Crippen LogP contribution in [-0.2, 0) is 4.74 Å². The molecule has 0 aliphatic rings. The van der Waals surface area contributed by atoms with Gasteiger partial charge >= 0.3 is 5.97 Å². The summed E-state index contributed by atoms with van der Waals surface area (Å²) >= 11 is 13.2. The molecule has 0 aliphatic carbocycles. The first-order chi connectivity index (χ1) is 9.02. The van der Waals surface area contributed by atoms with Crippen molar-refractivity contribution in [1.82, 2.24) is 9.97 Å². The van der Waals surface area contributed by atoms with Crippen LogP contribution in [0.3, 0.4) is 0 Å². The molecule has 0 atom stereocenters. The number of carbonyl (C=O) groups is 1. The number of thiazole rings is 1. The van der Waals surface area contributed by atoms with Crippen molar-refractivity contribution in [2.45, 2.75) is 13.8 Å². The fourth-order valence-electron chi connectivity index (χ4n) is 1.46. The van der Waals surface area contributed by atoms with Gasteiger partial charge in [-0.1, -0.05) is 23.2 Å². The molecule has 19 heavy (non-hydrogen) atoms. The van der Waals surface area contributed by atoms with Gasteiger partial charge in [-0.15, -0.1) is 11.3 Å². The van der Waals surface area contributed by atoms with Crippen molar-refractivity contribution in [1.29, 1.82) is 0 Å². The van der Waals surface area contributed by atoms with Crippen LogP contribution in [0.5, 0.6) is 0 Å². The molecule has 0 aliphatic heterocycles. The molecule has 2 aromatic heterocycles. The highest BCUT2D eigenvalue weighted by atomic mass is 35.5. The first-order valence-electron chi connectivity index (χ1n) is 5.49. The molecule has 0 radical (unpaired) electrons. The molecule has 0 bridgehead atoms. The van der Waals surface area contributed by atoms with Crippen LogP contribution in [0.15, 0.2) is 12.3 Å². The number of halogens is 2. The van der Waals surface area contributed by atoms with Crippen LogP contribution < -0.4 is 0 Å². The highest BCUT2D eigenvalue weighted by molar-refractivity contribution is 7.15. The Morgan fingerprint density at radius 3 is 2.84 bits per heavy atom. The lowest BCUT2D eigenvalue weighted by molar-refractivity contribution is 0.0519. The van der Waals surface area contributed by atoms with Gasteiger partial charge in [-0.3, -0.25) is 4.98 Å². The SMILES string of the molecule is CCOC(=O)c1nc(-c2ncc(Cl)cc2Cl)sc1C. The standard InChI is InChI=1S/C12H10Cl2N2O2S/c1-3-18-12(17)9-6(2)19-11(16-9)10-8(14)4-7(13)5-15-10/h4-5H,3H2,1-2H3. The molecule has 2 rings (SSSR count). The molecule has 0 aromatic carbocycles. The fourth-order valence-corrected chi connectivity index (χ4v) is 2.90. The van der Waals surface area contributed by atoms with Gasteiger partial charge < -0.3 is 4.74 Å². The van der Waals surface area contributed by atoms with E-state index in [1.54, 1.807) is 19.9 Å². The van der Waals surface area contributed by atoms with E-state index in [1.165, 1.54) is 17.5 Å². The summed E-state index contributed by atoms with van der Waals surface area (Å²) in [7, 11) is 0. The second-order valence-corrected chi connectivity index (χ2v) is 5.68. The average Bonchev–Trinajstić information content (AvgIpc) is 2.71. The van der Waals surface area contributed by atoms with Crippen LogP contribution in [0.2, 0.25) is 10.0 Å². The largest absolute Gasteiger partial charge is 0.461 e. The van der Waals surface area contributed by atoms with E-state index in [0.717, 1.165) is 4.88 Å². The lowest BCUT2D eigenvalue weighted by atomic mass is 10.3. The lowest BCUT2D eigenvalue weighted by Gasteiger charge is -1.99. The van der Waals surface area contributed by atoms with Crippen LogP contribution in [-0.4, -0.2) is 22.5 Å². The van der Waals surface area contributed by atoms with Crippen LogP contribution in [0.4, 0.5) is 0 Å². The number of rotatable bonds is 3. The lowest BCUT2D eigenvalue weighted by Crippen LogP contribution is -2.06. The zero-order chi connectivity index (χ0) is 14.0. The molecule has 0 amide bonds. The highest BCUT2D eigenvalue weighted by Crippen LogP contribution is 2.32. The van der Waals surface area contributed by atoms with E-state index in [4.69, 9.17) is 27.9 Å². The summed E-state index contributed by atoms with van der Waals surface area (Å²) in [6.45, 7) is 3.86. The molecule has 4 nitrogen and oxygen atoms in total. The molecule has 0 saturated heterocycles. The third kappa shape index (κ3) is 3.05. The Kier molecular flexibility index (Phi) is 4.39. The molecule has 0 spiro atoms. The number of carbonyl (C=O) groups excluding carboxylic acids is 1. The minimum absolute atomic E-state index is 0.301. The second kappa shape index (κ2) is 5.86. The molecule has 0 saturated carbocycles. The number of hydrogen-bond donors (Lipinski definition) is 0. The maximum Gasteiger partial charge on any atom is 0.358 e. The Morgan fingerprint density at radius 1 is 1.47 bits per heavy atom. The van der Waals surface area contributed by atoms with Gasteiger partial charge in [0, 0.05) is 11.1 Å². The van der Waals surface area contributed by atoms with Crippen LogP contribution in [0.25, 0.3) is 10.7 Å². The summed E-state index contributed by atoms with van der Waals surface area (Å²) in [5, 5.41) is 1.42. The van der Waals surface area contributed by atoms with Gasteiger partial charge in [0.25, 0.3) is 0 Å². The molecule has 0 N–H and O–H groups in total. The second-order valence-electron chi connectivity index (χ2n) is 3.63. The predicted octanol–water partition coefficient (Wildman–Crippen LogP) is 4.00. The average molecular weight is 317 g/mol. The molecular weight excluding hydrogens is 307 g/mol. The fraction of sp³-hybridized carbons (Fsp3) is 0.250. The Bertz CT molecular complexity index is 628. The maximum atomic E-state index is 11.7. The van der Waals surface area contributed by atoms with Crippen LogP contribution >= 0.6 is 34.5 Å². The van der Waals surface area contributed by atoms with Crippen molar-refractivity contribution in [2.24, 2.45) is 0 Å². The smallest absolute Gasteiger partial charge is 0.358 e. The third-order valence-electron chi connectivity index (χ3n) is 2.28. The first-order valence-corrected chi connectivity index (χ1v) is 7.06. The van der Waals surface area contributed by atoms with Gasteiger partial charge in [-0.2, -0.15) is 0 Å². The molecular formula is C12H10Cl2N2O2S. The number of aromatic nitrogens is 2. The summed E-state index contributed by atoms with van der Waals surface area (Å²) in [5.74, 6) is -0.437. The van der Waals surface area contributed by atoms with E-state index < -0.39 is 5.97 Å². The quantitative estimate of drug-likeness (QED) is 0.803. The van der Waals surface area contributed by atoms with E-state index >= 15 is 0 Å². The van der Waals surface area contributed by atoms with E-state index in [9.17, 15) is 4.79 Å². The van der Waals surface area contributed by atoms with E-state index in [2.05, 4.69) is 9.97 Å². The van der Waals surface area contributed by atoms with Gasteiger partial charge in [0.1, 0.15) is 10.7 Å². The Labute approximate surface area is 124 Å². The molecule has 7 heteroatoms. The van der Waals surface area contributed by atoms with E-state index in [1.807, 2.05) is 0 Å². The summed E-state index contributed by atoms with van der Waals surface area (Å²) in [6.07, 6.45) is 1.49. The van der Waals surface area contributed by atoms with Gasteiger partial charge in [0.2, 0.25) is 0 Å². The van der Waals surface area contributed by atoms with Gasteiger partial charge in [-0.25, -0.2) is 9.78 Å². The number of hydrogen-bond acceptors (Lipinski definition) is 5. The first kappa shape index (κ1) is 14.2. The van der Waals surface area contributed by atoms with Gasteiger partial charge in [0.15, 0.2) is 5.69 Å². The highest BCUT2D eigenvalue weighted by Gasteiger charge is 2.19. The monoisotopic (exact) mass is 316 g/mol. The molecule has 2 heterocycles. The normalized spacial score (nSPS) is 10.5. The minimum atomic E-state index is -0.437. The van der Waals surface area contributed by atoms with Crippen molar-refractivity contribution < 1.29 is 9.53 Å². The van der Waals surface area contributed by atoms with Crippen LogP contribution in [0, 0.1) is 6.92 Å². The minimum Gasteiger partial charge on any atom is -0.461 e. The summed E-state index contributed by atoms with van der Waals surface area (Å²) in [6, 6.07) is 1.59. The zero-order valence-electron chi connectivity index (χ0n) is 10.2. The number of esters is 1. The maximum absolute atomic E-state index is 11.7. The Morgan fingerprint density at radius 2 is 2.21 bits per heavy atom. The zero-order valence-corrected chi connectivity index (χ0v) is 12.6. The van der Waals surface area contributed by atoms with E-state index in [0.29, 0.717) is 33.0 Å². The molecule has 2 aromatic rings. The summed E-state index contributed by atoms with van der Waals surface area (Å²) in [5.41, 5.74) is 0.810. The van der Waals surface area contributed by atoms with E-state index in [-0.39, 0.29) is 0 Å². The van der Waals surface area contributed by atoms with Crippen molar-refractivity contribution in [3.05, 3.63) is 32.9 Å². The van der Waals surface area contributed by atoms with Crippen LogP contribution in [0.1, 0.15) is 22.3 Å². The van der Waals surface area contributed by atoms with Crippen molar-refractivity contribution in [3.8, 4) is 10.7 Å². The summed E-state index contributed by atoms with van der Waals surface area (Å²) < 4.78 is 4.94. The molecule has 100 valence electrons. The van der Waals surface area contributed by atoms with Gasteiger partial charge in [0.05, 0.1) is 16.7 Å². The number of aryl methyl sites for hydroxylation is 1. The third-order valence-corrected chi connectivity index (χ3v) is 3.75. The summed E-state index contributed by atoms with van der Waals surface area (Å²) in [4.78, 5) is 20.8. The van der Waals surface area contributed by atoms with Crippen molar-refractivity contribution in [3.63, 3.8) is 0 Å². The van der Waals surface area contributed by atoms with Crippen molar-refractivity contribution >= 4 is 40.5 Å². The Balaban J connectivity index is 2.42. The number of pyridine rings is 1. The molecule has 0 unspecified atom stereocenters. The molecule has 0 fully saturated rings. The number of nitrogens with zero attached hydrogens (tertiary/aromatic N) is 2. The number of ether oxygens (including phenoxy) is 1. The van der Waals surface area contributed by atoms with Crippen molar-refractivity contribution in [2.75, 3.05) is 6.61 Å². The Hall–Kier alpha value is -1.17. The topological polar surface area (TPSA) is 52.1 Å².